The molecule has 1 aromatic heterocycles. The minimum atomic E-state index is -0.308. The van der Waals surface area contributed by atoms with Crippen molar-refractivity contribution in [2.45, 2.75) is 26.1 Å². The second-order valence-corrected chi connectivity index (χ2v) is 5.13. The summed E-state index contributed by atoms with van der Waals surface area (Å²) in [6.07, 6.45) is -0.308. The molecule has 3 rings (SSSR count). The average Bonchev–Trinajstić information content (AvgIpc) is 2.88. The molecule has 1 aliphatic rings. The number of amides is 1. The van der Waals surface area contributed by atoms with Crippen LogP contribution < -0.4 is 5.73 Å². The summed E-state index contributed by atoms with van der Waals surface area (Å²) in [7, 11) is 0. The van der Waals surface area contributed by atoms with Crippen LogP contribution in [-0.2, 0) is 17.9 Å². The third kappa shape index (κ3) is 2.69. The number of carbonyl (C=O) groups excluding carboxylic acids is 1. The fourth-order valence-electron chi connectivity index (χ4n) is 2.57. The fraction of sp³-hybridized carbons (Fsp3) is 0.333. The van der Waals surface area contributed by atoms with Gasteiger partial charge in [-0.15, -0.1) is 0 Å². The number of rotatable bonds is 2. The van der Waals surface area contributed by atoms with Gasteiger partial charge in [0.1, 0.15) is 12.4 Å². The van der Waals surface area contributed by atoms with E-state index in [2.05, 4.69) is 5.10 Å². The lowest BCUT2D eigenvalue weighted by Gasteiger charge is -2.33. The molecule has 1 aromatic carbocycles. The van der Waals surface area contributed by atoms with Crippen LogP contribution in [0.25, 0.3) is 0 Å². The number of benzene rings is 1. The van der Waals surface area contributed by atoms with E-state index in [4.69, 9.17) is 10.5 Å². The normalized spacial score (nSPS) is 17.4. The van der Waals surface area contributed by atoms with Gasteiger partial charge in [-0.2, -0.15) is 5.10 Å². The zero-order valence-electron chi connectivity index (χ0n) is 11.9. The van der Waals surface area contributed by atoms with Crippen molar-refractivity contribution in [3.05, 3.63) is 47.7 Å². The molecule has 1 unspecified atom stereocenters. The number of ether oxygens (including phenoxy) is 1. The van der Waals surface area contributed by atoms with E-state index >= 15 is 0 Å². The number of aromatic nitrogens is 2. The first-order valence-electron chi connectivity index (χ1n) is 6.95. The van der Waals surface area contributed by atoms with Gasteiger partial charge in [-0.3, -0.25) is 9.58 Å². The van der Waals surface area contributed by atoms with Crippen molar-refractivity contribution >= 4 is 11.9 Å². The summed E-state index contributed by atoms with van der Waals surface area (Å²) in [6, 6.07) is 11.4. The van der Waals surface area contributed by atoms with Crippen LogP contribution in [0.2, 0.25) is 0 Å². The molecule has 0 fully saturated rings. The van der Waals surface area contributed by atoms with Crippen LogP contribution in [0.3, 0.4) is 0 Å². The largest absolute Gasteiger partial charge is 0.445 e. The van der Waals surface area contributed by atoms with Crippen molar-refractivity contribution in [3.8, 4) is 0 Å². The monoisotopic (exact) mass is 286 g/mol. The van der Waals surface area contributed by atoms with Crippen LogP contribution in [0.5, 0.6) is 0 Å². The van der Waals surface area contributed by atoms with Gasteiger partial charge in [-0.05, 0) is 12.5 Å². The molecule has 1 aliphatic heterocycles. The van der Waals surface area contributed by atoms with Crippen LogP contribution in [0.1, 0.15) is 24.2 Å². The van der Waals surface area contributed by atoms with Crippen LogP contribution >= 0.6 is 0 Å². The maximum absolute atomic E-state index is 12.2. The lowest BCUT2D eigenvalue weighted by atomic mass is 10.1. The highest BCUT2D eigenvalue weighted by Gasteiger charge is 2.29. The number of nitrogens with zero attached hydrogens (tertiary/aromatic N) is 3. The van der Waals surface area contributed by atoms with Crippen LogP contribution in [0.4, 0.5) is 10.6 Å². The first-order chi connectivity index (χ1) is 10.1. The predicted octanol–water partition coefficient (Wildman–Crippen LogP) is 2.18. The SMILES string of the molecule is CC1c2cc(N)nn2CCN1C(=O)OCc1ccccc1. The van der Waals surface area contributed by atoms with Crippen LogP contribution in [0.15, 0.2) is 36.4 Å². The number of hydrogen-bond acceptors (Lipinski definition) is 4. The van der Waals surface area contributed by atoms with Crippen molar-refractivity contribution in [1.29, 1.82) is 0 Å². The van der Waals surface area contributed by atoms with Gasteiger partial charge in [0, 0.05) is 12.6 Å². The lowest BCUT2D eigenvalue weighted by Crippen LogP contribution is -2.41. The molecule has 0 bridgehead atoms. The lowest BCUT2D eigenvalue weighted by molar-refractivity contribution is 0.0724. The van der Waals surface area contributed by atoms with Gasteiger partial charge >= 0.3 is 6.09 Å². The van der Waals surface area contributed by atoms with Gasteiger partial charge in [0.15, 0.2) is 0 Å². The highest BCUT2D eigenvalue weighted by atomic mass is 16.6. The smallest absolute Gasteiger partial charge is 0.410 e. The number of fused-ring (bicyclic) bond motifs is 1. The van der Waals surface area contributed by atoms with Crippen molar-refractivity contribution in [3.63, 3.8) is 0 Å². The minimum Gasteiger partial charge on any atom is -0.445 e. The fourth-order valence-corrected chi connectivity index (χ4v) is 2.57. The second kappa shape index (κ2) is 5.47. The number of nitrogen functional groups attached to an aromatic ring is 1. The molecule has 6 nitrogen and oxygen atoms in total. The Morgan fingerprint density at radius 1 is 1.38 bits per heavy atom. The summed E-state index contributed by atoms with van der Waals surface area (Å²) < 4.78 is 7.23. The summed E-state index contributed by atoms with van der Waals surface area (Å²) >= 11 is 0. The van der Waals surface area contributed by atoms with Crippen molar-refractivity contribution in [1.82, 2.24) is 14.7 Å². The third-order valence-electron chi connectivity index (χ3n) is 3.72. The molecule has 21 heavy (non-hydrogen) atoms. The molecule has 0 saturated heterocycles. The minimum absolute atomic E-state index is 0.0909. The van der Waals surface area contributed by atoms with Gasteiger partial charge in [0.05, 0.1) is 18.3 Å². The molecular formula is C15H18N4O2. The number of carbonyl (C=O) groups is 1. The maximum Gasteiger partial charge on any atom is 0.410 e. The average molecular weight is 286 g/mol. The van der Waals surface area contributed by atoms with Crippen molar-refractivity contribution in [2.24, 2.45) is 0 Å². The highest BCUT2D eigenvalue weighted by Crippen LogP contribution is 2.26. The van der Waals surface area contributed by atoms with Crippen molar-refractivity contribution < 1.29 is 9.53 Å². The Balaban J connectivity index is 1.66. The molecule has 1 atom stereocenters. The number of nitrogens with two attached hydrogens (primary N) is 1. The molecule has 2 heterocycles. The molecule has 2 N–H and O–H groups in total. The summed E-state index contributed by atoms with van der Waals surface area (Å²) in [5, 5.41) is 4.20. The van der Waals surface area contributed by atoms with Crippen LogP contribution in [0, 0.1) is 0 Å². The summed E-state index contributed by atoms with van der Waals surface area (Å²) in [5.41, 5.74) is 7.63. The van der Waals surface area contributed by atoms with E-state index in [-0.39, 0.29) is 18.7 Å². The second-order valence-electron chi connectivity index (χ2n) is 5.13. The molecule has 0 radical (unpaired) electrons. The zero-order chi connectivity index (χ0) is 14.8. The highest BCUT2D eigenvalue weighted by molar-refractivity contribution is 5.68. The maximum atomic E-state index is 12.2. The molecule has 110 valence electrons. The molecule has 0 saturated carbocycles. The Bertz CT molecular complexity index is 638. The molecular weight excluding hydrogens is 268 g/mol. The van der Waals surface area contributed by atoms with E-state index < -0.39 is 0 Å². The Morgan fingerprint density at radius 3 is 2.90 bits per heavy atom. The van der Waals surface area contributed by atoms with E-state index in [1.807, 2.05) is 41.9 Å². The zero-order valence-corrected chi connectivity index (χ0v) is 11.9. The Kier molecular flexibility index (Phi) is 3.51. The summed E-state index contributed by atoms with van der Waals surface area (Å²) in [6.45, 7) is 3.44. The first-order valence-corrected chi connectivity index (χ1v) is 6.95. The Hall–Kier alpha value is -2.50. The standard InChI is InChI=1S/C15H18N4O2/c1-11-13-9-14(16)17-19(13)8-7-18(11)15(20)21-10-12-5-3-2-4-6-12/h2-6,9,11H,7-8,10H2,1H3,(H2,16,17). The third-order valence-corrected chi connectivity index (χ3v) is 3.72. The molecule has 0 spiro atoms. The van der Waals surface area contributed by atoms with Crippen LogP contribution in [-0.4, -0.2) is 27.3 Å². The summed E-state index contributed by atoms with van der Waals surface area (Å²) in [4.78, 5) is 13.9. The first kappa shape index (κ1) is 13.5. The van der Waals surface area contributed by atoms with E-state index in [1.165, 1.54) is 0 Å². The topological polar surface area (TPSA) is 73.4 Å². The molecule has 1 amide bonds. The van der Waals surface area contributed by atoms with Gasteiger partial charge in [-0.25, -0.2) is 4.79 Å². The Labute approximate surface area is 123 Å². The molecule has 6 heteroatoms. The quantitative estimate of drug-likeness (QED) is 0.918. The van der Waals surface area contributed by atoms with Gasteiger partial charge < -0.3 is 10.5 Å². The summed E-state index contributed by atoms with van der Waals surface area (Å²) in [5.74, 6) is 0.483. The number of hydrogen-bond donors (Lipinski definition) is 1. The Morgan fingerprint density at radius 2 is 2.14 bits per heavy atom. The van der Waals surface area contributed by atoms with Crippen molar-refractivity contribution in [2.75, 3.05) is 12.3 Å². The molecule has 0 aliphatic carbocycles. The van der Waals surface area contributed by atoms with E-state index in [0.29, 0.717) is 18.9 Å². The van der Waals surface area contributed by atoms with Gasteiger partial charge in [0.2, 0.25) is 0 Å². The van der Waals surface area contributed by atoms with Gasteiger partial charge in [-0.1, -0.05) is 30.3 Å². The van der Waals surface area contributed by atoms with E-state index in [0.717, 1.165) is 11.3 Å². The molecule has 2 aromatic rings. The van der Waals surface area contributed by atoms with Gasteiger partial charge in [0.25, 0.3) is 0 Å². The van der Waals surface area contributed by atoms with E-state index in [9.17, 15) is 4.79 Å². The predicted molar refractivity (Wildman–Crippen MR) is 78.4 cm³/mol. The van der Waals surface area contributed by atoms with E-state index in [1.54, 1.807) is 11.0 Å². The number of anilines is 1.